The zero-order valence-electron chi connectivity index (χ0n) is 15.4. The number of benzene rings is 1. The summed E-state index contributed by atoms with van der Waals surface area (Å²) < 4.78 is 12.1. The number of hydrogen-bond acceptors (Lipinski definition) is 7. The molecule has 10 heteroatoms. The lowest BCUT2D eigenvalue weighted by Crippen LogP contribution is -2.29. The molecule has 28 heavy (non-hydrogen) atoms. The maximum Gasteiger partial charge on any atom is 0.240 e. The number of fused-ring (bicyclic) bond motifs is 1. The van der Waals surface area contributed by atoms with Crippen molar-refractivity contribution in [2.45, 2.75) is 31.7 Å². The third-order valence-corrected chi connectivity index (χ3v) is 4.92. The molecule has 1 aliphatic rings. The summed E-state index contributed by atoms with van der Waals surface area (Å²) in [6.45, 7) is 2.53. The predicted molar refractivity (Wildman–Crippen MR) is 103 cm³/mol. The van der Waals surface area contributed by atoms with Crippen molar-refractivity contribution in [3.8, 4) is 11.5 Å². The number of aliphatic hydroxyl groups is 1. The van der Waals surface area contributed by atoms with E-state index in [-0.39, 0.29) is 37.5 Å². The Balaban J connectivity index is 1.58. The predicted octanol–water partition coefficient (Wildman–Crippen LogP) is 1.36. The average molecular weight is 406 g/mol. The minimum absolute atomic E-state index is 0.0437. The highest BCUT2D eigenvalue weighted by Gasteiger charge is 2.16. The summed E-state index contributed by atoms with van der Waals surface area (Å²) in [7, 11) is 0. The van der Waals surface area contributed by atoms with Crippen LogP contribution >= 0.6 is 11.8 Å². The van der Waals surface area contributed by atoms with Gasteiger partial charge in [0.1, 0.15) is 6.54 Å². The molecule has 0 atom stereocenters. The molecule has 3 rings (SSSR count). The van der Waals surface area contributed by atoms with E-state index in [9.17, 15) is 14.7 Å². The molecule has 1 aromatic heterocycles. The number of imidazole rings is 1. The summed E-state index contributed by atoms with van der Waals surface area (Å²) in [5.41, 5.74) is 1.12. The van der Waals surface area contributed by atoms with Crippen molar-refractivity contribution in [2.75, 3.05) is 24.4 Å². The molecule has 2 aromatic rings. The van der Waals surface area contributed by atoms with E-state index in [2.05, 4.69) is 15.6 Å². The van der Waals surface area contributed by atoms with Crippen LogP contribution in [0.3, 0.4) is 0 Å². The number of amides is 2. The summed E-state index contributed by atoms with van der Waals surface area (Å²) in [5.74, 6) is 0.951. The molecule has 2 amide bonds. The molecule has 0 spiro atoms. The Morgan fingerprint density at radius 1 is 1.29 bits per heavy atom. The first-order valence-electron chi connectivity index (χ1n) is 8.85. The number of nitrogens with zero attached hydrogens (tertiary/aromatic N) is 2. The van der Waals surface area contributed by atoms with E-state index in [1.807, 2.05) is 6.92 Å². The SMILES string of the molecule is CCCNC(=O)Cn1c(CO)cnc1SCC(=O)Nc1ccc2c(c1)OCO2. The summed E-state index contributed by atoms with van der Waals surface area (Å²) in [6, 6.07) is 5.17. The lowest BCUT2D eigenvalue weighted by atomic mass is 10.3. The lowest BCUT2D eigenvalue weighted by molar-refractivity contribution is -0.121. The van der Waals surface area contributed by atoms with Crippen LogP contribution < -0.4 is 20.1 Å². The second kappa shape index (κ2) is 9.47. The van der Waals surface area contributed by atoms with E-state index in [0.717, 1.165) is 6.42 Å². The third-order valence-electron chi connectivity index (χ3n) is 3.93. The Kier molecular flexibility index (Phi) is 6.77. The van der Waals surface area contributed by atoms with Crippen LogP contribution in [0.5, 0.6) is 11.5 Å². The van der Waals surface area contributed by atoms with Gasteiger partial charge in [0, 0.05) is 18.3 Å². The van der Waals surface area contributed by atoms with E-state index in [1.165, 1.54) is 18.0 Å². The second-order valence-corrected chi connectivity index (χ2v) is 6.97. The Labute approximate surface area is 166 Å². The number of rotatable bonds is 9. The highest BCUT2D eigenvalue weighted by atomic mass is 32.2. The number of carbonyl (C=O) groups is 2. The fourth-order valence-corrected chi connectivity index (χ4v) is 3.37. The topological polar surface area (TPSA) is 115 Å². The van der Waals surface area contributed by atoms with Gasteiger partial charge in [-0.15, -0.1) is 0 Å². The fraction of sp³-hybridized carbons (Fsp3) is 0.389. The van der Waals surface area contributed by atoms with Gasteiger partial charge in [-0.05, 0) is 18.6 Å². The van der Waals surface area contributed by atoms with Gasteiger partial charge in [0.15, 0.2) is 16.7 Å². The molecule has 2 heterocycles. The van der Waals surface area contributed by atoms with Gasteiger partial charge in [0.05, 0.1) is 24.3 Å². The number of anilines is 1. The molecule has 3 N–H and O–H groups in total. The average Bonchev–Trinajstić information content (AvgIpc) is 3.31. The third kappa shape index (κ3) is 4.96. The van der Waals surface area contributed by atoms with Crippen molar-refractivity contribution in [3.05, 3.63) is 30.1 Å². The molecule has 9 nitrogen and oxygen atoms in total. The molecule has 0 bridgehead atoms. The van der Waals surface area contributed by atoms with Gasteiger partial charge < -0.3 is 29.8 Å². The van der Waals surface area contributed by atoms with Crippen LogP contribution in [-0.4, -0.2) is 45.6 Å². The smallest absolute Gasteiger partial charge is 0.240 e. The van der Waals surface area contributed by atoms with Crippen molar-refractivity contribution in [2.24, 2.45) is 0 Å². The second-order valence-electron chi connectivity index (χ2n) is 6.03. The fourth-order valence-electron chi connectivity index (χ4n) is 2.57. The van der Waals surface area contributed by atoms with Crippen LogP contribution in [-0.2, 0) is 22.7 Å². The van der Waals surface area contributed by atoms with Gasteiger partial charge in [0.2, 0.25) is 18.6 Å². The number of aromatic nitrogens is 2. The van der Waals surface area contributed by atoms with Crippen LogP contribution in [0.4, 0.5) is 5.69 Å². The summed E-state index contributed by atoms with van der Waals surface area (Å²) in [6.07, 6.45) is 2.34. The molecule has 0 unspecified atom stereocenters. The van der Waals surface area contributed by atoms with Crippen molar-refractivity contribution in [1.82, 2.24) is 14.9 Å². The quantitative estimate of drug-likeness (QED) is 0.539. The summed E-state index contributed by atoms with van der Waals surface area (Å²) in [4.78, 5) is 28.5. The van der Waals surface area contributed by atoms with Crippen molar-refractivity contribution in [3.63, 3.8) is 0 Å². The van der Waals surface area contributed by atoms with E-state index in [4.69, 9.17) is 9.47 Å². The summed E-state index contributed by atoms with van der Waals surface area (Å²) in [5, 5.41) is 15.5. The molecular weight excluding hydrogens is 384 g/mol. The van der Waals surface area contributed by atoms with Crippen molar-refractivity contribution >= 4 is 29.3 Å². The van der Waals surface area contributed by atoms with E-state index in [1.54, 1.807) is 22.8 Å². The molecule has 0 saturated heterocycles. The Morgan fingerprint density at radius 2 is 2.11 bits per heavy atom. The molecular formula is C18H22N4O5S. The van der Waals surface area contributed by atoms with E-state index >= 15 is 0 Å². The number of nitrogens with one attached hydrogen (secondary N) is 2. The highest BCUT2D eigenvalue weighted by molar-refractivity contribution is 7.99. The number of thioether (sulfide) groups is 1. The number of hydrogen-bond donors (Lipinski definition) is 3. The molecule has 0 saturated carbocycles. The largest absolute Gasteiger partial charge is 0.454 e. The first-order chi connectivity index (χ1) is 13.6. The number of carbonyl (C=O) groups excluding carboxylic acids is 2. The first-order valence-corrected chi connectivity index (χ1v) is 9.83. The molecule has 150 valence electrons. The van der Waals surface area contributed by atoms with E-state index < -0.39 is 0 Å². The normalized spacial score (nSPS) is 12.1. The van der Waals surface area contributed by atoms with Gasteiger partial charge >= 0.3 is 0 Å². The van der Waals surface area contributed by atoms with Gasteiger partial charge in [0.25, 0.3) is 0 Å². The van der Waals surface area contributed by atoms with Crippen LogP contribution in [0, 0.1) is 0 Å². The minimum atomic E-state index is -0.238. The Hall–Kier alpha value is -2.72. The van der Waals surface area contributed by atoms with Gasteiger partial charge in [-0.3, -0.25) is 9.59 Å². The molecule has 1 aliphatic heterocycles. The lowest BCUT2D eigenvalue weighted by Gasteiger charge is -2.11. The maximum atomic E-state index is 12.3. The van der Waals surface area contributed by atoms with Crippen LogP contribution in [0.15, 0.2) is 29.6 Å². The standard InChI is InChI=1S/C18H22N4O5S/c1-2-5-19-16(24)8-22-13(9-23)7-20-18(22)28-10-17(25)21-12-3-4-14-15(6-12)27-11-26-14/h3-4,6-7,23H,2,5,8-11H2,1H3,(H,19,24)(H,21,25). The molecule has 0 radical (unpaired) electrons. The Morgan fingerprint density at radius 3 is 2.89 bits per heavy atom. The number of aliphatic hydroxyl groups excluding tert-OH is 1. The van der Waals surface area contributed by atoms with Crippen LogP contribution in [0.2, 0.25) is 0 Å². The van der Waals surface area contributed by atoms with Gasteiger partial charge in [-0.2, -0.15) is 0 Å². The van der Waals surface area contributed by atoms with Crippen LogP contribution in [0.1, 0.15) is 19.0 Å². The van der Waals surface area contributed by atoms with E-state index in [0.29, 0.717) is 34.6 Å². The maximum absolute atomic E-state index is 12.3. The molecule has 1 aromatic carbocycles. The van der Waals surface area contributed by atoms with Crippen LogP contribution in [0.25, 0.3) is 0 Å². The molecule has 0 fully saturated rings. The minimum Gasteiger partial charge on any atom is -0.454 e. The van der Waals surface area contributed by atoms with Gasteiger partial charge in [-0.25, -0.2) is 4.98 Å². The first kappa shape index (κ1) is 20.0. The highest BCUT2D eigenvalue weighted by Crippen LogP contribution is 2.34. The van der Waals surface area contributed by atoms with Crippen molar-refractivity contribution < 1.29 is 24.2 Å². The van der Waals surface area contributed by atoms with Crippen molar-refractivity contribution in [1.29, 1.82) is 0 Å². The zero-order chi connectivity index (χ0) is 19.9. The molecule has 0 aliphatic carbocycles. The van der Waals surface area contributed by atoms with Gasteiger partial charge in [-0.1, -0.05) is 18.7 Å². The monoisotopic (exact) mass is 406 g/mol. The number of ether oxygens (including phenoxy) is 2. The summed E-state index contributed by atoms with van der Waals surface area (Å²) >= 11 is 1.19. The Bertz CT molecular complexity index is 854. The zero-order valence-corrected chi connectivity index (χ0v) is 16.3.